The second-order valence-corrected chi connectivity index (χ2v) is 7.30. The lowest BCUT2D eigenvalue weighted by atomic mass is 10.0. The first kappa shape index (κ1) is 15.5. The van der Waals surface area contributed by atoms with E-state index in [1.54, 1.807) is 10.8 Å². The minimum absolute atomic E-state index is 0.0927. The van der Waals surface area contributed by atoms with Gasteiger partial charge in [-0.2, -0.15) is 0 Å². The molecule has 0 fully saturated rings. The molecule has 2 nitrogen and oxygen atoms in total. The van der Waals surface area contributed by atoms with Crippen molar-refractivity contribution in [1.29, 1.82) is 0 Å². The van der Waals surface area contributed by atoms with Gasteiger partial charge in [-0.25, -0.2) is 0 Å². The number of rotatable bonds is 9. The third kappa shape index (κ3) is 10.8. The molecule has 5 heteroatoms. The van der Waals surface area contributed by atoms with Gasteiger partial charge in [-0.15, -0.1) is 0 Å². The van der Waals surface area contributed by atoms with E-state index in [1.165, 1.54) is 20.9 Å². The van der Waals surface area contributed by atoms with Gasteiger partial charge < -0.3 is 4.18 Å². The Kier molecular flexibility index (Phi) is 11.4. The van der Waals surface area contributed by atoms with E-state index in [1.807, 2.05) is 0 Å². The van der Waals surface area contributed by atoms with Crippen molar-refractivity contribution in [3.63, 3.8) is 0 Å². The van der Waals surface area contributed by atoms with Crippen LogP contribution in [-0.4, -0.2) is 11.7 Å². The van der Waals surface area contributed by atoms with Gasteiger partial charge >= 0.3 is 5.97 Å². The van der Waals surface area contributed by atoms with Crippen molar-refractivity contribution in [1.82, 2.24) is 0 Å². The monoisotopic (exact) mass is 268 g/mol. The smallest absolute Gasteiger partial charge is 0.318 e. The Hall–Kier alpha value is 0.520. The Balaban J connectivity index is 3.26. The lowest BCUT2D eigenvalue weighted by Gasteiger charge is -2.06. The van der Waals surface area contributed by atoms with Crippen LogP contribution in [-0.2, 0) is 8.98 Å². The van der Waals surface area contributed by atoms with E-state index >= 15 is 0 Å². The second kappa shape index (κ2) is 11.0. The van der Waals surface area contributed by atoms with Crippen molar-refractivity contribution < 1.29 is 8.98 Å². The average Bonchev–Trinajstić information content (AvgIpc) is 2.25. The third-order valence-electron chi connectivity index (χ3n) is 2.03. The normalized spacial score (nSPS) is 12.5. The Labute approximate surface area is 105 Å². The first-order valence-corrected chi connectivity index (χ1v) is 8.94. The molecule has 0 aliphatic carbocycles. The Morgan fingerprint density at radius 3 is 2.73 bits per heavy atom. The highest BCUT2D eigenvalue weighted by molar-refractivity contribution is 9.08. The van der Waals surface area contributed by atoms with Gasteiger partial charge in [-0.1, -0.05) is 38.0 Å². The highest BCUT2D eigenvalue weighted by atomic mass is 33.5. The van der Waals surface area contributed by atoms with Gasteiger partial charge in [0.05, 0.1) is 0 Å². The van der Waals surface area contributed by atoms with Crippen molar-refractivity contribution in [2.45, 2.75) is 46.5 Å². The molecule has 0 aromatic carbocycles. The fourth-order valence-electron chi connectivity index (χ4n) is 0.799. The zero-order valence-corrected chi connectivity index (χ0v) is 12.1. The van der Waals surface area contributed by atoms with E-state index in [4.69, 9.17) is 4.18 Å². The molecule has 0 N–H and O–H groups in total. The van der Waals surface area contributed by atoms with Crippen LogP contribution in [0.5, 0.6) is 0 Å². The van der Waals surface area contributed by atoms with Crippen molar-refractivity contribution in [2.75, 3.05) is 5.75 Å². The molecule has 0 aliphatic rings. The summed E-state index contributed by atoms with van der Waals surface area (Å²) in [5.41, 5.74) is 0. The van der Waals surface area contributed by atoms with Crippen molar-refractivity contribution in [3.05, 3.63) is 0 Å². The van der Waals surface area contributed by atoms with Gasteiger partial charge in [0.1, 0.15) is 11.1 Å². The Morgan fingerprint density at radius 1 is 1.40 bits per heavy atom. The molecule has 0 heterocycles. The van der Waals surface area contributed by atoms with Crippen LogP contribution in [0.15, 0.2) is 0 Å². The summed E-state index contributed by atoms with van der Waals surface area (Å²) in [4.78, 5) is 11.2. The van der Waals surface area contributed by atoms with Crippen molar-refractivity contribution in [2.24, 2.45) is 5.92 Å². The molecule has 1 atom stereocenters. The minimum Gasteiger partial charge on any atom is -0.379 e. The third-order valence-corrected chi connectivity index (χ3v) is 5.53. The molecule has 0 aliphatic heterocycles. The molecule has 0 amide bonds. The van der Waals surface area contributed by atoms with E-state index in [9.17, 15) is 4.79 Å². The van der Waals surface area contributed by atoms with Gasteiger partial charge in [-0.3, -0.25) is 4.79 Å². The van der Waals surface area contributed by atoms with Crippen LogP contribution >= 0.6 is 31.7 Å². The van der Waals surface area contributed by atoms with Crippen molar-refractivity contribution >= 4 is 37.7 Å². The fraction of sp³-hybridized carbons (Fsp3) is 0.900. The average molecular weight is 268 g/mol. The maximum atomic E-state index is 11.2. The summed E-state index contributed by atoms with van der Waals surface area (Å²) in [6.45, 7) is 6.44. The molecule has 0 bridgehead atoms. The maximum Gasteiger partial charge on any atom is 0.318 e. The van der Waals surface area contributed by atoms with E-state index < -0.39 is 0 Å². The van der Waals surface area contributed by atoms with Crippen LogP contribution < -0.4 is 0 Å². The largest absolute Gasteiger partial charge is 0.379 e. The number of carbonyl (C=O) groups excluding carboxylic acids is 1. The molecule has 15 heavy (non-hydrogen) atoms. The molecular weight excluding hydrogens is 248 g/mol. The van der Waals surface area contributed by atoms with E-state index in [0.29, 0.717) is 12.3 Å². The summed E-state index contributed by atoms with van der Waals surface area (Å²) < 4.78 is 5.00. The fourth-order valence-corrected chi connectivity index (χ4v) is 3.61. The zero-order chi connectivity index (χ0) is 11.5. The van der Waals surface area contributed by atoms with Crippen LogP contribution in [0.2, 0.25) is 0 Å². The van der Waals surface area contributed by atoms with Crippen LogP contribution in [0, 0.1) is 5.92 Å². The highest BCUT2D eigenvalue weighted by Crippen LogP contribution is 2.35. The molecule has 90 valence electrons. The van der Waals surface area contributed by atoms with E-state index in [2.05, 4.69) is 20.8 Å². The topological polar surface area (TPSA) is 26.3 Å². The predicted molar refractivity (Wildman–Crippen MR) is 72.7 cm³/mol. The van der Waals surface area contributed by atoms with Crippen LogP contribution in [0.25, 0.3) is 0 Å². The summed E-state index contributed by atoms with van der Waals surface area (Å²) in [5, 5.41) is 0. The van der Waals surface area contributed by atoms with Gasteiger partial charge in [0, 0.05) is 22.0 Å². The number of hydrogen-bond donors (Lipinski definition) is 0. The zero-order valence-electron chi connectivity index (χ0n) is 9.65. The maximum absolute atomic E-state index is 11.2. The Morgan fingerprint density at radius 2 is 2.13 bits per heavy atom. The molecule has 0 aromatic heterocycles. The summed E-state index contributed by atoms with van der Waals surface area (Å²) in [6.07, 6.45) is 3.76. The summed E-state index contributed by atoms with van der Waals surface area (Å²) >= 11 is 1.19. The van der Waals surface area contributed by atoms with Gasteiger partial charge in [0.25, 0.3) is 0 Å². The lowest BCUT2D eigenvalue weighted by Crippen LogP contribution is -2.01. The number of carbonyl (C=O) groups is 1. The molecular formula is C10H20O2S3. The first-order chi connectivity index (χ1) is 7.20. The quantitative estimate of drug-likeness (QED) is 0.343. The predicted octanol–water partition coefficient (Wildman–Crippen LogP) is 4.71. The van der Waals surface area contributed by atoms with Gasteiger partial charge in [-0.05, 0) is 18.8 Å². The first-order valence-electron chi connectivity index (χ1n) is 5.36. The van der Waals surface area contributed by atoms with Gasteiger partial charge in [0.2, 0.25) is 0 Å². The van der Waals surface area contributed by atoms with Crippen LogP contribution in [0.3, 0.4) is 0 Å². The van der Waals surface area contributed by atoms with Crippen LogP contribution in [0.1, 0.15) is 46.5 Å². The summed E-state index contributed by atoms with van der Waals surface area (Å²) in [7, 11) is 3.26. The summed E-state index contributed by atoms with van der Waals surface area (Å²) in [5.74, 6) is 1.62. The van der Waals surface area contributed by atoms with Gasteiger partial charge in [0.15, 0.2) is 0 Å². The molecule has 0 spiro atoms. The SMILES string of the molecule is CCCSSSOC(=O)CCC(C)CC. The molecule has 0 radical (unpaired) electrons. The van der Waals surface area contributed by atoms with E-state index in [0.717, 1.165) is 25.0 Å². The van der Waals surface area contributed by atoms with E-state index in [-0.39, 0.29) is 5.97 Å². The molecule has 0 saturated heterocycles. The van der Waals surface area contributed by atoms with Crippen LogP contribution in [0.4, 0.5) is 0 Å². The second-order valence-electron chi connectivity index (χ2n) is 3.47. The van der Waals surface area contributed by atoms with Crippen molar-refractivity contribution in [3.8, 4) is 0 Å². The minimum atomic E-state index is -0.0927. The molecule has 0 aromatic rings. The molecule has 0 saturated carbocycles. The standard InChI is InChI=1S/C10H20O2S3/c1-4-8-13-15-14-12-10(11)7-6-9(3)5-2/h9H,4-8H2,1-3H3. The molecule has 1 unspecified atom stereocenters. The summed E-state index contributed by atoms with van der Waals surface area (Å²) in [6, 6.07) is 0. The number of hydrogen-bond acceptors (Lipinski definition) is 5. The Bertz CT molecular complexity index is 165. The molecule has 0 rings (SSSR count). The highest BCUT2D eigenvalue weighted by Gasteiger charge is 2.07. The lowest BCUT2D eigenvalue weighted by molar-refractivity contribution is -0.133.